The Morgan fingerprint density at radius 2 is 1.88 bits per heavy atom. The highest BCUT2D eigenvalue weighted by atomic mass is 35.5. The van der Waals surface area contributed by atoms with Crippen molar-refractivity contribution in [3.05, 3.63) is 47.4 Å². The van der Waals surface area contributed by atoms with E-state index < -0.39 is 0 Å². The molecule has 1 heterocycles. The first-order valence-electron chi connectivity index (χ1n) is 8.13. The normalized spacial score (nSPS) is 18.4. The van der Waals surface area contributed by atoms with Crippen molar-refractivity contribution >= 4 is 30.6 Å². The lowest BCUT2D eigenvalue weighted by Crippen LogP contribution is -2.35. The van der Waals surface area contributed by atoms with Gasteiger partial charge < -0.3 is 15.8 Å². The molecule has 1 aromatic heterocycles. The third-order valence-electron chi connectivity index (χ3n) is 4.44. The fraction of sp³-hybridized carbons (Fsp3) is 0.444. The van der Waals surface area contributed by atoms with E-state index in [-0.39, 0.29) is 24.8 Å². The van der Waals surface area contributed by atoms with E-state index in [1.807, 2.05) is 12.1 Å². The van der Waals surface area contributed by atoms with Gasteiger partial charge >= 0.3 is 0 Å². The smallest absolute Gasteiger partial charge is 0.129 e. The average Bonchev–Trinajstić information content (AvgIpc) is 2.52. The van der Waals surface area contributed by atoms with Crippen LogP contribution in [0.3, 0.4) is 0 Å². The molecular weight excluding hydrogens is 359 g/mol. The number of nitrogens with zero attached hydrogens (tertiary/aromatic N) is 2. The Balaban J connectivity index is 0.00000156. The molecule has 0 unspecified atom stereocenters. The van der Waals surface area contributed by atoms with Gasteiger partial charge in [0.25, 0.3) is 0 Å². The highest BCUT2D eigenvalue weighted by Crippen LogP contribution is 2.34. The van der Waals surface area contributed by atoms with Crippen molar-refractivity contribution in [2.24, 2.45) is 5.73 Å². The number of aromatic nitrogens is 2. The second-order valence-electron chi connectivity index (χ2n) is 6.28. The molecule has 0 atom stereocenters. The van der Waals surface area contributed by atoms with E-state index in [4.69, 9.17) is 10.5 Å². The lowest BCUT2D eigenvalue weighted by Gasteiger charge is -2.31. The van der Waals surface area contributed by atoms with Gasteiger partial charge in [0, 0.05) is 23.7 Å². The third kappa shape index (κ3) is 5.73. The molecule has 1 aromatic carbocycles. The van der Waals surface area contributed by atoms with Gasteiger partial charge in [0.2, 0.25) is 0 Å². The lowest BCUT2D eigenvalue weighted by atomic mass is 9.79. The zero-order valence-electron chi connectivity index (χ0n) is 14.6. The maximum absolute atomic E-state index is 5.84. The molecule has 3 N–H and O–H groups in total. The van der Waals surface area contributed by atoms with Crippen molar-refractivity contribution < 1.29 is 4.74 Å². The summed E-state index contributed by atoms with van der Waals surface area (Å²) in [5.74, 6) is 2.24. The van der Waals surface area contributed by atoms with Crippen LogP contribution in [0.25, 0.3) is 0 Å². The molecule has 1 fully saturated rings. The Bertz CT molecular complexity index is 678. The van der Waals surface area contributed by atoms with E-state index in [9.17, 15) is 0 Å². The predicted octanol–water partition coefficient (Wildman–Crippen LogP) is 3.63. The molecule has 25 heavy (non-hydrogen) atoms. The lowest BCUT2D eigenvalue weighted by molar-refractivity contribution is 0.332. The van der Waals surface area contributed by atoms with E-state index >= 15 is 0 Å². The van der Waals surface area contributed by atoms with Crippen LogP contribution in [0.2, 0.25) is 0 Å². The molecule has 1 aliphatic rings. The van der Waals surface area contributed by atoms with E-state index in [0.717, 1.165) is 30.1 Å². The zero-order chi connectivity index (χ0) is 16.2. The van der Waals surface area contributed by atoms with Crippen molar-refractivity contribution in [1.29, 1.82) is 0 Å². The topological polar surface area (TPSA) is 73.1 Å². The highest BCUT2D eigenvalue weighted by Gasteiger charge is 2.28. The Labute approximate surface area is 161 Å². The van der Waals surface area contributed by atoms with Crippen LogP contribution in [0, 0.1) is 13.8 Å². The first kappa shape index (κ1) is 21.5. The molecule has 1 saturated carbocycles. The molecule has 2 aromatic rings. The minimum atomic E-state index is 0. The maximum atomic E-state index is 5.84. The SMILES string of the molecule is Cc1ccc(OCCNc2cc(C3CC(N)C3)ncn2)cc1C.Cl.Cl. The fourth-order valence-corrected chi connectivity index (χ4v) is 2.75. The van der Waals surface area contributed by atoms with Crippen LogP contribution in [0.4, 0.5) is 5.82 Å². The molecule has 0 spiro atoms. The van der Waals surface area contributed by atoms with Gasteiger partial charge in [-0.15, -0.1) is 24.8 Å². The summed E-state index contributed by atoms with van der Waals surface area (Å²) < 4.78 is 5.77. The quantitative estimate of drug-likeness (QED) is 0.743. The molecule has 1 aliphatic carbocycles. The highest BCUT2D eigenvalue weighted by molar-refractivity contribution is 5.85. The number of rotatable bonds is 6. The molecule has 3 rings (SSSR count). The Hall–Kier alpha value is -1.56. The number of hydrogen-bond acceptors (Lipinski definition) is 5. The standard InChI is InChI=1S/C18H24N4O.2ClH/c1-12-3-4-16(7-13(12)2)23-6-5-20-18-10-17(21-11-22-18)14-8-15(19)9-14;;/h3-4,7,10-11,14-15H,5-6,8-9,19H2,1-2H3,(H,20,21,22);2*1H. The number of hydrogen-bond donors (Lipinski definition) is 2. The molecule has 7 heteroatoms. The average molecular weight is 385 g/mol. The van der Waals surface area contributed by atoms with Crippen LogP contribution in [0.5, 0.6) is 5.75 Å². The molecule has 0 aliphatic heterocycles. The van der Waals surface area contributed by atoms with Gasteiger partial charge in [-0.2, -0.15) is 0 Å². The summed E-state index contributed by atoms with van der Waals surface area (Å²) in [7, 11) is 0. The van der Waals surface area contributed by atoms with Gasteiger partial charge in [-0.25, -0.2) is 9.97 Å². The monoisotopic (exact) mass is 384 g/mol. The Morgan fingerprint density at radius 1 is 1.12 bits per heavy atom. The van der Waals surface area contributed by atoms with E-state index in [1.54, 1.807) is 6.33 Å². The summed E-state index contributed by atoms with van der Waals surface area (Å²) in [4.78, 5) is 8.61. The molecule has 5 nitrogen and oxygen atoms in total. The minimum Gasteiger partial charge on any atom is -0.492 e. The number of anilines is 1. The van der Waals surface area contributed by atoms with Gasteiger partial charge in [0.1, 0.15) is 24.5 Å². The van der Waals surface area contributed by atoms with Crippen LogP contribution in [-0.2, 0) is 0 Å². The van der Waals surface area contributed by atoms with Crippen LogP contribution in [0.15, 0.2) is 30.6 Å². The van der Waals surface area contributed by atoms with Gasteiger partial charge in [-0.3, -0.25) is 0 Å². The van der Waals surface area contributed by atoms with Crippen LogP contribution >= 0.6 is 24.8 Å². The van der Waals surface area contributed by atoms with E-state index in [2.05, 4.69) is 41.3 Å². The molecular formula is C18H26Cl2N4O. The van der Waals surface area contributed by atoms with Crippen LogP contribution < -0.4 is 15.8 Å². The number of aryl methyl sites for hydroxylation is 2. The van der Waals surface area contributed by atoms with Gasteiger partial charge in [0.15, 0.2) is 0 Å². The van der Waals surface area contributed by atoms with Crippen molar-refractivity contribution in [3.63, 3.8) is 0 Å². The third-order valence-corrected chi connectivity index (χ3v) is 4.44. The first-order chi connectivity index (χ1) is 11.1. The van der Waals surface area contributed by atoms with Crippen molar-refractivity contribution in [1.82, 2.24) is 9.97 Å². The maximum Gasteiger partial charge on any atom is 0.129 e. The Morgan fingerprint density at radius 3 is 2.56 bits per heavy atom. The number of benzene rings is 1. The largest absolute Gasteiger partial charge is 0.492 e. The van der Waals surface area contributed by atoms with E-state index in [0.29, 0.717) is 25.1 Å². The van der Waals surface area contributed by atoms with Gasteiger partial charge in [-0.1, -0.05) is 6.07 Å². The molecule has 0 amide bonds. The number of nitrogens with two attached hydrogens (primary N) is 1. The second kappa shape index (κ2) is 9.80. The van der Waals surface area contributed by atoms with Crippen molar-refractivity contribution in [2.45, 2.75) is 38.6 Å². The summed E-state index contributed by atoms with van der Waals surface area (Å²) >= 11 is 0. The number of halogens is 2. The summed E-state index contributed by atoms with van der Waals surface area (Å²) in [6.07, 6.45) is 3.66. The van der Waals surface area contributed by atoms with Gasteiger partial charge in [-0.05, 0) is 49.9 Å². The van der Waals surface area contributed by atoms with E-state index in [1.165, 1.54) is 11.1 Å². The van der Waals surface area contributed by atoms with Crippen molar-refractivity contribution in [2.75, 3.05) is 18.5 Å². The summed E-state index contributed by atoms with van der Waals surface area (Å²) in [6, 6.07) is 8.51. The fourth-order valence-electron chi connectivity index (χ4n) is 2.75. The van der Waals surface area contributed by atoms with Crippen molar-refractivity contribution in [3.8, 4) is 5.75 Å². The summed E-state index contributed by atoms with van der Waals surface area (Å²) in [5.41, 5.74) is 9.45. The molecule has 0 bridgehead atoms. The van der Waals surface area contributed by atoms with Gasteiger partial charge in [0.05, 0.1) is 6.54 Å². The Kier molecular flexibility index (Phi) is 8.42. The summed E-state index contributed by atoms with van der Waals surface area (Å²) in [6.45, 7) is 5.49. The van der Waals surface area contributed by atoms with Crippen LogP contribution in [-0.4, -0.2) is 29.2 Å². The zero-order valence-corrected chi connectivity index (χ0v) is 16.2. The second-order valence-corrected chi connectivity index (χ2v) is 6.28. The minimum absolute atomic E-state index is 0. The number of nitrogens with one attached hydrogen (secondary N) is 1. The predicted molar refractivity (Wildman–Crippen MR) is 106 cm³/mol. The molecule has 0 radical (unpaired) electrons. The van der Waals surface area contributed by atoms with Crippen LogP contribution in [0.1, 0.15) is 35.6 Å². The number of ether oxygens (including phenoxy) is 1. The first-order valence-corrected chi connectivity index (χ1v) is 8.13. The molecule has 0 saturated heterocycles. The summed E-state index contributed by atoms with van der Waals surface area (Å²) in [5, 5.41) is 3.29. The molecule has 138 valence electrons.